The summed E-state index contributed by atoms with van der Waals surface area (Å²) in [6.45, 7) is 4.61. The van der Waals surface area contributed by atoms with Crippen molar-refractivity contribution in [2.24, 2.45) is 5.92 Å². The monoisotopic (exact) mass is 464 g/mol. The van der Waals surface area contributed by atoms with E-state index in [2.05, 4.69) is 51.5 Å². The van der Waals surface area contributed by atoms with E-state index < -0.39 is 5.54 Å². The zero-order valence-corrected chi connectivity index (χ0v) is 20.1. The van der Waals surface area contributed by atoms with Crippen molar-refractivity contribution in [3.8, 4) is 0 Å². The summed E-state index contributed by atoms with van der Waals surface area (Å²) in [7, 11) is 4.06. The van der Waals surface area contributed by atoms with Crippen LogP contribution in [0.4, 0.5) is 14.9 Å². The third-order valence-electron chi connectivity index (χ3n) is 7.04. The molecule has 2 aromatic carbocycles. The third-order valence-corrected chi connectivity index (χ3v) is 7.04. The Labute approximate surface area is 201 Å². The molecule has 34 heavy (non-hydrogen) atoms. The fourth-order valence-electron chi connectivity index (χ4n) is 4.82. The van der Waals surface area contributed by atoms with Crippen molar-refractivity contribution < 1.29 is 14.0 Å². The first-order chi connectivity index (χ1) is 16.3. The number of anilines is 1. The standard InChI is InChI=1S/C27H33FN4O2/c1-27(25(33)32(26(34)29-27)19-21-6-10-23(28)11-7-21)22-14-17-31(18-15-22)16-4-5-20-8-12-24(13-9-20)30(2)3/h4-13,22H,14-19H2,1-3H3,(H,29,34)/b5-4+/t27-/m0/s1. The summed E-state index contributed by atoms with van der Waals surface area (Å²) in [5.41, 5.74) is 2.19. The van der Waals surface area contributed by atoms with Crippen LogP contribution in [0.1, 0.15) is 30.9 Å². The highest BCUT2D eigenvalue weighted by Crippen LogP contribution is 2.34. The van der Waals surface area contributed by atoms with Crippen LogP contribution in [-0.2, 0) is 11.3 Å². The van der Waals surface area contributed by atoms with Crippen LogP contribution in [0.2, 0.25) is 0 Å². The van der Waals surface area contributed by atoms with Gasteiger partial charge in [0, 0.05) is 26.3 Å². The van der Waals surface area contributed by atoms with Gasteiger partial charge in [0.1, 0.15) is 11.4 Å². The highest BCUT2D eigenvalue weighted by Gasteiger charge is 2.52. The van der Waals surface area contributed by atoms with Crippen LogP contribution in [0, 0.1) is 11.7 Å². The van der Waals surface area contributed by atoms with E-state index in [0.29, 0.717) is 0 Å². The summed E-state index contributed by atoms with van der Waals surface area (Å²) in [5, 5.41) is 2.95. The number of nitrogens with one attached hydrogen (secondary N) is 1. The van der Waals surface area contributed by atoms with Crippen LogP contribution in [-0.4, -0.2) is 61.0 Å². The summed E-state index contributed by atoms with van der Waals surface area (Å²) < 4.78 is 13.2. The van der Waals surface area contributed by atoms with Crippen molar-refractivity contribution in [3.05, 3.63) is 71.6 Å². The average molecular weight is 465 g/mol. The molecule has 1 atom stereocenters. The minimum atomic E-state index is -0.896. The molecule has 6 nitrogen and oxygen atoms in total. The molecule has 1 N–H and O–H groups in total. The number of amides is 3. The summed E-state index contributed by atoms with van der Waals surface area (Å²) in [5.74, 6) is -0.447. The Morgan fingerprint density at radius 1 is 1.06 bits per heavy atom. The number of carbonyl (C=O) groups is 2. The van der Waals surface area contributed by atoms with E-state index in [4.69, 9.17) is 0 Å². The summed E-state index contributed by atoms with van der Waals surface area (Å²) in [6, 6.07) is 14.0. The van der Waals surface area contributed by atoms with Gasteiger partial charge < -0.3 is 10.2 Å². The van der Waals surface area contributed by atoms with Gasteiger partial charge in [-0.05, 0) is 74.2 Å². The highest BCUT2D eigenvalue weighted by molar-refractivity contribution is 6.06. The smallest absolute Gasteiger partial charge is 0.325 e. The van der Waals surface area contributed by atoms with Gasteiger partial charge in [0.05, 0.1) is 6.54 Å². The number of nitrogens with zero attached hydrogens (tertiary/aromatic N) is 3. The van der Waals surface area contributed by atoms with Crippen LogP contribution in [0.15, 0.2) is 54.6 Å². The lowest BCUT2D eigenvalue weighted by Crippen LogP contribution is -2.53. The van der Waals surface area contributed by atoms with E-state index in [1.807, 2.05) is 21.0 Å². The van der Waals surface area contributed by atoms with E-state index in [9.17, 15) is 14.0 Å². The van der Waals surface area contributed by atoms with E-state index in [1.165, 1.54) is 28.3 Å². The Morgan fingerprint density at radius 2 is 1.71 bits per heavy atom. The predicted octanol–water partition coefficient (Wildman–Crippen LogP) is 4.13. The maximum absolute atomic E-state index is 13.2. The number of hydrogen-bond donors (Lipinski definition) is 1. The number of imide groups is 1. The van der Waals surface area contributed by atoms with Gasteiger partial charge in [-0.3, -0.25) is 14.6 Å². The number of halogens is 1. The average Bonchev–Trinajstić information content (AvgIpc) is 3.05. The molecular formula is C27H33FN4O2. The first-order valence-corrected chi connectivity index (χ1v) is 11.8. The van der Waals surface area contributed by atoms with Crippen molar-refractivity contribution in [1.29, 1.82) is 0 Å². The van der Waals surface area contributed by atoms with Crippen molar-refractivity contribution in [1.82, 2.24) is 15.1 Å². The molecule has 2 aromatic rings. The topological polar surface area (TPSA) is 55.9 Å². The number of urea groups is 1. The van der Waals surface area contributed by atoms with Crippen LogP contribution in [0.3, 0.4) is 0 Å². The van der Waals surface area contributed by atoms with Gasteiger partial charge in [0.15, 0.2) is 0 Å². The number of benzene rings is 2. The Bertz CT molecular complexity index is 1040. The first kappa shape index (κ1) is 24.0. The third kappa shape index (κ3) is 5.14. The second-order valence-electron chi connectivity index (χ2n) is 9.61. The fourth-order valence-corrected chi connectivity index (χ4v) is 4.82. The van der Waals surface area contributed by atoms with Gasteiger partial charge in [0.2, 0.25) is 0 Å². The lowest BCUT2D eigenvalue weighted by atomic mass is 9.79. The van der Waals surface area contributed by atoms with Crippen LogP contribution >= 0.6 is 0 Å². The molecular weight excluding hydrogens is 431 g/mol. The SMILES string of the molecule is CN(C)c1ccc(/C=C/CN2CCC([C@]3(C)NC(=O)N(Cc4ccc(F)cc4)C3=O)CC2)cc1. The van der Waals surface area contributed by atoms with Crippen LogP contribution in [0.5, 0.6) is 0 Å². The molecule has 0 spiro atoms. The lowest BCUT2D eigenvalue weighted by Gasteiger charge is -2.38. The number of piperidine rings is 1. The van der Waals surface area contributed by atoms with Gasteiger partial charge in [-0.15, -0.1) is 0 Å². The predicted molar refractivity (Wildman–Crippen MR) is 133 cm³/mol. The molecule has 2 saturated heterocycles. The molecule has 0 bridgehead atoms. The lowest BCUT2D eigenvalue weighted by molar-refractivity contribution is -0.133. The second-order valence-corrected chi connectivity index (χ2v) is 9.61. The Morgan fingerprint density at radius 3 is 2.32 bits per heavy atom. The van der Waals surface area contributed by atoms with Crippen molar-refractivity contribution >= 4 is 23.7 Å². The van der Waals surface area contributed by atoms with E-state index in [1.54, 1.807) is 12.1 Å². The summed E-state index contributed by atoms with van der Waals surface area (Å²) in [6.07, 6.45) is 6.01. The van der Waals surface area contributed by atoms with Gasteiger partial charge in [0.25, 0.3) is 5.91 Å². The quantitative estimate of drug-likeness (QED) is 0.626. The summed E-state index contributed by atoms with van der Waals surface area (Å²) in [4.78, 5) is 31.5. The Balaban J connectivity index is 1.30. The molecule has 0 radical (unpaired) electrons. The Hall–Kier alpha value is -3.19. The van der Waals surface area contributed by atoms with E-state index in [0.717, 1.165) is 38.0 Å². The largest absolute Gasteiger partial charge is 0.378 e. The molecule has 2 aliphatic heterocycles. The van der Waals surface area contributed by atoms with E-state index >= 15 is 0 Å². The maximum atomic E-state index is 13.2. The van der Waals surface area contributed by atoms with Gasteiger partial charge in [-0.25, -0.2) is 9.18 Å². The molecule has 2 aliphatic rings. The Kier molecular flexibility index (Phi) is 7.03. The van der Waals surface area contributed by atoms with Gasteiger partial charge in [-0.1, -0.05) is 36.4 Å². The number of rotatable bonds is 7. The second kappa shape index (κ2) is 9.97. The molecule has 2 fully saturated rings. The van der Waals surface area contributed by atoms with Crippen molar-refractivity contribution in [2.45, 2.75) is 31.8 Å². The zero-order chi connectivity index (χ0) is 24.3. The highest BCUT2D eigenvalue weighted by atomic mass is 19.1. The molecule has 0 aliphatic carbocycles. The van der Waals surface area contributed by atoms with Crippen LogP contribution in [0.25, 0.3) is 6.08 Å². The fraction of sp³-hybridized carbons (Fsp3) is 0.407. The van der Waals surface area contributed by atoms with E-state index in [-0.39, 0.29) is 30.2 Å². The van der Waals surface area contributed by atoms with Crippen molar-refractivity contribution in [2.75, 3.05) is 38.6 Å². The zero-order valence-electron chi connectivity index (χ0n) is 20.1. The molecule has 0 unspecified atom stereocenters. The normalized spacial score (nSPS) is 21.9. The van der Waals surface area contributed by atoms with Crippen LogP contribution < -0.4 is 10.2 Å². The molecule has 0 aromatic heterocycles. The molecule has 2 heterocycles. The van der Waals surface area contributed by atoms with Gasteiger partial charge in [-0.2, -0.15) is 0 Å². The molecule has 3 amide bonds. The number of hydrogen-bond acceptors (Lipinski definition) is 4. The van der Waals surface area contributed by atoms with Crippen molar-refractivity contribution in [3.63, 3.8) is 0 Å². The number of likely N-dealkylation sites (tertiary alicyclic amines) is 1. The first-order valence-electron chi connectivity index (χ1n) is 11.8. The minimum absolute atomic E-state index is 0.0842. The minimum Gasteiger partial charge on any atom is -0.378 e. The maximum Gasteiger partial charge on any atom is 0.325 e. The molecule has 7 heteroatoms. The molecule has 180 valence electrons. The van der Waals surface area contributed by atoms with Gasteiger partial charge >= 0.3 is 6.03 Å². The molecule has 4 rings (SSSR count). The summed E-state index contributed by atoms with van der Waals surface area (Å²) >= 11 is 0. The molecule has 0 saturated carbocycles. The number of carbonyl (C=O) groups excluding carboxylic acids is 2.